The molecule has 0 rings (SSSR count). The van der Waals surface area contributed by atoms with E-state index in [1.54, 1.807) is 0 Å². The van der Waals surface area contributed by atoms with Gasteiger partial charge in [0.05, 0.1) is 5.60 Å². The maximum atomic E-state index is 11.1. The molecule has 0 saturated carbocycles. The number of rotatable bonds is 4. The van der Waals surface area contributed by atoms with Crippen molar-refractivity contribution in [2.45, 2.75) is 59.7 Å². The van der Waals surface area contributed by atoms with Crippen molar-refractivity contribution in [2.75, 3.05) is 0 Å². The van der Waals surface area contributed by atoms with E-state index < -0.39 is 17.7 Å². The maximum absolute atomic E-state index is 11.1. The van der Waals surface area contributed by atoms with Crippen molar-refractivity contribution >= 4 is 5.97 Å². The lowest BCUT2D eigenvalue weighted by atomic mass is 9.84. The Labute approximate surface area is 98.5 Å². The van der Waals surface area contributed by atoms with Gasteiger partial charge in [-0.3, -0.25) is 0 Å². The molecular formula is C13H24O3. The van der Waals surface area contributed by atoms with Crippen LogP contribution in [-0.2, 0) is 9.53 Å². The fraction of sp³-hybridized carbons (Fsp3) is 0.769. The minimum Gasteiger partial charge on any atom is -0.479 e. The molecule has 0 heterocycles. The molecule has 3 nitrogen and oxygen atoms in total. The summed E-state index contributed by atoms with van der Waals surface area (Å²) in [4.78, 5) is 11.1. The molecule has 0 aromatic carbocycles. The third-order valence-corrected chi connectivity index (χ3v) is 2.26. The Morgan fingerprint density at radius 2 is 1.69 bits per heavy atom. The van der Waals surface area contributed by atoms with Crippen molar-refractivity contribution in [3.63, 3.8) is 0 Å². The third-order valence-electron chi connectivity index (χ3n) is 2.26. The number of ether oxygens (including phenoxy) is 1. The molecule has 0 spiro atoms. The standard InChI is InChI=1S/C13H24O3/c1-9(12(2,3)4)8-10(11(14)15)16-13(5,6)7/h10H,1,8H2,2-7H3,(H,14,15). The second-order valence-corrected chi connectivity index (χ2v) is 6.11. The normalized spacial score (nSPS) is 14.6. The van der Waals surface area contributed by atoms with Crippen LogP contribution in [0.5, 0.6) is 0 Å². The Bertz CT molecular complexity index is 266. The smallest absolute Gasteiger partial charge is 0.333 e. The van der Waals surface area contributed by atoms with Gasteiger partial charge in [-0.15, -0.1) is 0 Å². The predicted octanol–water partition coefficient (Wildman–Crippen LogP) is 3.25. The molecule has 16 heavy (non-hydrogen) atoms. The fourth-order valence-electron chi connectivity index (χ4n) is 1.14. The van der Waals surface area contributed by atoms with Crippen LogP contribution in [0.25, 0.3) is 0 Å². The topological polar surface area (TPSA) is 46.5 Å². The molecular weight excluding hydrogens is 204 g/mol. The molecule has 0 saturated heterocycles. The van der Waals surface area contributed by atoms with Gasteiger partial charge in [0.25, 0.3) is 0 Å². The first-order valence-corrected chi connectivity index (χ1v) is 5.52. The van der Waals surface area contributed by atoms with Crippen LogP contribution in [0.2, 0.25) is 0 Å². The highest BCUT2D eigenvalue weighted by molar-refractivity contribution is 5.72. The number of carbonyl (C=O) groups is 1. The van der Waals surface area contributed by atoms with Gasteiger partial charge < -0.3 is 9.84 Å². The lowest BCUT2D eigenvalue weighted by molar-refractivity contribution is -0.159. The number of hydrogen-bond donors (Lipinski definition) is 1. The number of aliphatic carboxylic acids is 1. The quantitative estimate of drug-likeness (QED) is 0.751. The second kappa shape index (κ2) is 5.00. The number of hydrogen-bond acceptors (Lipinski definition) is 2. The van der Waals surface area contributed by atoms with Gasteiger partial charge in [0, 0.05) is 6.42 Å². The molecule has 0 amide bonds. The first-order valence-electron chi connectivity index (χ1n) is 5.52. The monoisotopic (exact) mass is 228 g/mol. The zero-order valence-corrected chi connectivity index (χ0v) is 11.3. The number of carboxylic acids is 1. The first kappa shape index (κ1) is 15.2. The summed E-state index contributed by atoms with van der Waals surface area (Å²) in [5, 5.41) is 9.09. The van der Waals surface area contributed by atoms with Crippen molar-refractivity contribution < 1.29 is 14.6 Å². The molecule has 1 N–H and O–H groups in total. The summed E-state index contributed by atoms with van der Waals surface area (Å²) in [5.41, 5.74) is 0.347. The molecule has 0 aromatic heterocycles. The van der Waals surface area contributed by atoms with Gasteiger partial charge in [0.15, 0.2) is 6.10 Å². The van der Waals surface area contributed by atoms with Crippen LogP contribution in [0, 0.1) is 5.41 Å². The van der Waals surface area contributed by atoms with Gasteiger partial charge in [-0.25, -0.2) is 4.79 Å². The summed E-state index contributed by atoms with van der Waals surface area (Å²) in [7, 11) is 0. The van der Waals surface area contributed by atoms with Crippen LogP contribution in [0.15, 0.2) is 12.2 Å². The highest BCUT2D eigenvalue weighted by atomic mass is 16.5. The summed E-state index contributed by atoms with van der Waals surface area (Å²) in [5.74, 6) is -0.930. The minimum atomic E-state index is -0.930. The average Bonchev–Trinajstić information content (AvgIpc) is 1.98. The largest absolute Gasteiger partial charge is 0.479 e. The number of carboxylic acid groups (broad SMARTS) is 1. The van der Waals surface area contributed by atoms with Crippen LogP contribution in [0.1, 0.15) is 48.0 Å². The molecule has 0 fully saturated rings. The summed E-state index contributed by atoms with van der Waals surface area (Å²) >= 11 is 0. The van der Waals surface area contributed by atoms with E-state index in [0.29, 0.717) is 6.42 Å². The Morgan fingerprint density at radius 1 is 1.25 bits per heavy atom. The highest BCUT2D eigenvalue weighted by Crippen LogP contribution is 2.29. The van der Waals surface area contributed by atoms with Gasteiger partial charge >= 0.3 is 5.97 Å². The predicted molar refractivity (Wildman–Crippen MR) is 65.5 cm³/mol. The molecule has 0 aromatic rings. The molecule has 0 aliphatic carbocycles. The molecule has 0 aliphatic heterocycles. The highest BCUT2D eigenvalue weighted by Gasteiger charge is 2.28. The lowest BCUT2D eigenvalue weighted by Gasteiger charge is -2.29. The lowest BCUT2D eigenvalue weighted by Crippen LogP contribution is -2.34. The average molecular weight is 228 g/mol. The van der Waals surface area contributed by atoms with E-state index in [1.807, 2.05) is 41.5 Å². The van der Waals surface area contributed by atoms with E-state index in [0.717, 1.165) is 5.57 Å². The molecule has 0 bridgehead atoms. The third kappa shape index (κ3) is 5.91. The van der Waals surface area contributed by atoms with Crippen molar-refractivity contribution in [1.82, 2.24) is 0 Å². The molecule has 1 unspecified atom stereocenters. The van der Waals surface area contributed by atoms with E-state index in [-0.39, 0.29) is 5.41 Å². The van der Waals surface area contributed by atoms with Crippen LogP contribution >= 0.6 is 0 Å². The van der Waals surface area contributed by atoms with Gasteiger partial charge in [-0.05, 0) is 26.2 Å². The Kier molecular flexibility index (Phi) is 4.74. The van der Waals surface area contributed by atoms with Gasteiger partial charge in [-0.1, -0.05) is 32.9 Å². The first-order chi connectivity index (χ1) is 6.93. The van der Waals surface area contributed by atoms with E-state index in [1.165, 1.54) is 0 Å². The van der Waals surface area contributed by atoms with E-state index in [9.17, 15) is 4.79 Å². The molecule has 0 radical (unpaired) electrons. The van der Waals surface area contributed by atoms with Crippen molar-refractivity contribution in [2.24, 2.45) is 5.41 Å². The van der Waals surface area contributed by atoms with Gasteiger partial charge in [0.1, 0.15) is 0 Å². The van der Waals surface area contributed by atoms with Crippen LogP contribution in [-0.4, -0.2) is 22.8 Å². The summed E-state index contributed by atoms with van der Waals surface area (Å²) in [6, 6.07) is 0. The second-order valence-electron chi connectivity index (χ2n) is 6.11. The Hall–Kier alpha value is -0.830. The molecule has 1 atom stereocenters. The molecule has 94 valence electrons. The molecule has 0 aliphatic rings. The van der Waals surface area contributed by atoms with E-state index in [4.69, 9.17) is 9.84 Å². The van der Waals surface area contributed by atoms with Gasteiger partial charge in [-0.2, -0.15) is 0 Å². The summed E-state index contributed by atoms with van der Waals surface area (Å²) in [6.45, 7) is 15.5. The van der Waals surface area contributed by atoms with Crippen LogP contribution < -0.4 is 0 Å². The van der Waals surface area contributed by atoms with E-state index in [2.05, 4.69) is 6.58 Å². The van der Waals surface area contributed by atoms with Crippen molar-refractivity contribution in [1.29, 1.82) is 0 Å². The van der Waals surface area contributed by atoms with Crippen LogP contribution in [0.4, 0.5) is 0 Å². The van der Waals surface area contributed by atoms with Crippen molar-refractivity contribution in [3.8, 4) is 0 Å². The van der Waals surface area contributed by atoms with Crippen LogP contribution in [0.3, 0.4) is 0 Å². The Balaban J connectivity index is 4.60. The SMILES string of the molecule is C=C(CC(OC(C)(C)C)C(=O)O)C(C)(C)C. The summed E-state index contributed by atoms with van der Waals surface area (Å²) < 4.78 is 5.50. The van der Waals surface area contributed by atoms with Crippen molar-refractivity contribution in [3.05, 3.63) is 12.2 Å². The Morgan fingerprint density at radius 3 is 1.94 bits per heavy atom. The fourth-order valence-corrected chi connectivity index (χ4v) is 1.14. The molecule has 3 heteroatoms. The van der Waals surface area contributed by atoms with Gasteiger partial charge in [0.2, 0.25) is 0 Å². The zero-order valence-electron chi connectivity index (χ0n) is 11.3. The van der Waals surface area contributed by atoms with E-state index >= 15 is 0 Å². The zero-order chi connectivity index (χ0) is 13.1. The summed E-state index contributed by atoms with van der Waals surface area (Å²) in [6.07, 6.45) is -0.456. The minimum absolute atomic E-state index is 0.0883. The maximum Gasteiger partial charge on any atom is 0.333 e.